The van der Waals surface area contributed by atoms with Crippen LogP contribution in [0.15, 0.2) is 24.4 Å². The van der Waals surface area contributed by atoms with Crippen LogP contribution in [-0.2, 0) is 13.1 Å². The Morgan fingerprint density at radius 2 is 2.12 bits per heavy atom. The lowest BCUT2D eigenvalue weighted by molar-refractivity contribution is 0.587. The lowest BCUT2D eigenvalue weighted by Crippen LogP contribution is -2.21. The number of halogens is 1. The van der Waals surface area contributed by atoms with Gasteiger partial charge >= 0.3 is 0 Å². The molecule has 0 fully saturated rings. The van der Waals surface area contributed by atoms with Gasteiger partial charge in [-0.25, -0.2) is 4.39 Å². The highest BCUT2D eigenvalue weighted by molar-refractivity contribution is 5.84. The third-order valence-electron chi connectivity index (χ3n) is 2.98. The van der Waals surface area contributed by atoms with Crippen molar-refractivity contribution in [2.45, 2.75) is 39.9 Å². The van der Waals surface area contributed by atoms with Gasteiger partial charge in [0.05, 0.1) is 5.52 Å². The second-order valence-corrected chi connectivity index (χ2v) is 4.61. The van der Waals surface area contributed by atoms with Crippen molar-refractivity contribution in [1.82, 2.24) is 9.88 Å². The maximum atomic E-state index is 13.9. The number of nitrogens with zero attached hydrogens (tertiary/aromatic N) is 1. The molecule has 1 N–H and O–H groups in total. The van der Waals surface area contributed by atoms with Gasteiger partial charge in [0.1, 0.15) is 5.82 Å². The Morgan fingerprint density at radius 3 is 2.76 bits per heavy atom. The van der Waals surface area contributed by atoms with Crippen molar-refractivity contribution < 1.29 is 4.39 Å². The van der Waals surface area contributed by atoms with Gasteiger partial charge in [-0.1, -0.05) is 19.9 Å². The maximum Gasteiger partial charge on any atom is 0.132 e. The van der Waals surface area contributed by atoms with Crippen LogP contribution in [0, 0.1) is 5.82 Å². The molecule has 0 spiro atoms. The summed E-state index contributed by atoms with van der Waals surface area (Å²) in [6.07, 6.45) is 2.04. The van der Waals surface area contributed by atoms with E-state index in [-0.39, 0.29) is 5.82 Å². The van der Waals surface area contributed by atoms with Crippen molar-refractivity contribution in [3.8, 4) is 0 Å². The molecule has 0 amide bonds. The van der Waals surface area contributed by atoms with Crippen molar-refractivity contribution in [3.63, 3.8) is 0 Å². The molecule has 2 rings (SSSR count). The van der Waals surface area contributed by atoms with E-state index in [9.17, 15) is 4.39 Å². The van der Waals surface area contributed by atoms with Crippen LogP contribution in [0.5, 0.6) is 0 Å². The van der Waals surface area contributed by atoms with Crippen molar-refractivity contribution in [3.05, 3.63) is 35.8 Å². The van der Waals surface area contributed by atoms with Gasteiger partial charge in [0.2, 0.25) is 0 Å². The average Bonchev–Trinajstić information content (AvgIpc) is 2.66. The molecule has 1 aromatic heterocycles. The highest BCUT2D eigenvalue weighted by Gasteiger charge is 2.11. The fraction of sp³-hybridized carbons (Fsp3) is 0.429. The van der Waals surface area contributed by atoms with Crippen LogP contribution in [0.1, 0.15) is 26.3 Å². The summed E-state index contributed by atoms with van der Waals surface area (Å²) in [5.41, 5.74) is 2.02. The maximum absolute atomic E-state index is 13.9. The van der Waals surface area contributed by atoms with Crippen molar-refractivity contribution >= 4 is 10.9 Å². The number of aromatic nitrogens is 1. The molecule has 0 bridgehead atoms. The summed E-state index contributed by atoms with van der Waals surface area (Å²) in [7, 11) is 0. The number of nitrogens with one attached hydrogen (secondary N) is 1. The Labute approximate surface area is 101 Å². The lowest BCUT2D eigenvalue weighted by atomic mass is 10.1. The van der Waals surface area contributed by atoms with Crippen LogP contribution in [0.2, 0.25) is 0 Å². The normalized spacial score (nSPS) is 11.6. The molecule has 0 aliphatic carbocycles. The van der Waals surface area contributed by atoms with Gasteiger partial charge < -0.3 is 9.88 Å². The molecule has 0 radical (unpaired) electrons. The predicted octanol–water partition coefficient (Wildman–Crippen LogP) is 3.30. The Morgan fingerprint density at radius 1 is 1.35 bits per heavy atom. The summed E-state index contributed by atoms with van der Waals surface area (Å²) in [5.74, 6) is -0.129. The first kappa shape index (κ1) is 12.1. The van der Waals surface area contributed by atoms with Gasteiger partial charge in [-0.15, -0.1) is 0 Å². The standard InChI is InChI=1S/C14H19FN2/c1-4-17-9-11(8-16-10(2)3)14-12(15)6-5-7-13(14)17/h5-7,9-10,16H,4,8H2,1-3H3. The van der Waals surface area contributed by atoms with Crippen LogP contribution in [0.4, 0.5) is 4.39 Å². The Hall–Kier alpha value is -1.35. The van der Waals surface area contributed by atoms with Crippen LogP contribution in [0.25, 0.3) is 10.9 Å². The van der Waals surface area contributed by atoms with Crippen LogP contribution >= 0.6 is 0 Å². The fourth-order valence-electron chi connectivity index (χ4n) is 2.10. The lowest BCUT2D eigenvalue weighted by Gasteiger charge is -2.06. The Bertz CT molecular complexity index is 514. The van der Waals surface area contributed by atoms with Crippen molar-refractivity contribution in [1.29, 1.82) is 0 Å². The first-order valence-electron chi connectivity index (χ1n) is 6.13. The van der Waals surface area contributed by atoms with Crippen molar-refractivity contribution in [2.24, 2.45) is 0 Å². The first-order valence-corrected chi connectivity index (χ1v) is 6.13. The highest BCUT2D eigenvalue weighted by atomic mass is 19.1. The second-order valence-electron chi connectivity index (χ2n) is 4.61. The van der Waals surface area contributed by atoms with E-state index in [1.807, 2.05) is 12.3 Å². The van der Waals surface area contributed by atoms with E-state index < -0.39 is 0 Å². The summed E-state index contributed by atoms with van der Waals surface area (Å²) in [6, 6.07) is 5.67. The van der Waals surface area contributed by atoms with E-state index in [4.69, 9.17) is 0 Å². The average molecular weight is 234 g/mol. The zero-order valence-electron chi connectivity index (χ0n) is 10.6. The molecule has 92 valence electrons. The summed E-state index contributed by atoms with van der Waals surface area (Å²) in [5, 5.41) is 4.09. The van der Waals surface area contributed by atoms with E-state index in [1.165, 1.54) is 6.07 Å². The molecule has 0 aliphatic heterocycles. The summed E-state index contributed by atoms with van der Waals surface area (Å²) in [6.45, 7) is 7.83. The molecule has 17 heavy (non-hydrogen) atoms. The van der Waals surface area contributed by atoms with Crippen LogP contribution in [0.3, 0.4) is 0 Å². The molecule has 2 aromatic rings. The fourth-order valence-corrected chi connectivity index (χ4v) is 2.10. The molecule has 0 saturated heterocycles. The van der Waals surface area contributed by atoms with Gasteiger partial charge in [-0.3, -0.25) is 0 Å². The number of rotatable bonds is 4. The summed E-state index contributed by atoms with van der Waals surface area (Å²) < 4.78 is 16.0. The molecule has 1 aromatic carbocycles. The molecule has 0 atom stereocenters. The zero-order valence-corrected chi connectivity index (χ0v) is 10.6. The topological polar surface area (TPSA) is 17.0 Å². The largest absolute Gasteiger partial charge is 0.347 e. The molecule has 1 heterocycles. The number of hydrogen-bond acceptors (Lipinski definition) is 1. The van der Waals surface area contributed by atoms with E-state index in [0.29, 0.717) is 12.6 Å². The Balaban J connectivity index is 2.47. The van der Waals surface area contributed by atoms with Gasteiger partial charge in [0.15, 0.2) is 0 Å². The second kappa shape index (κ2) is 4.88. The van der Waals surface area contributed by atoms with Crippen LogP contribution < -0.4 is 5.32 Å². The number of aryl methyl sites for hydroxylation is 1. The summed E-state index contributed by atoms with van der Waals surface area (Å²) >= 11 is 0. The van der Waals surface area contributed by atoms with Gasteiger partial charge in [-0.2, -0.15) is 0 Å². The molecule has 0 unspecified atom stereocenters. The molecular formula is C14H19FN2. The molecule has 3 heteroatoms. The van der Waals surface area contributed by atoms with Gasteiger partial charge in [0.25, 0.3) is 0 Å². The minimum absolute atomic E-state index is 0.129. The highest BCUT2D eigenvalue weighted by Crippen LogP contribution is 2.24. The predicted molar refractivity (Wildman–Crippen MR) is 69.5 cm³/mol. The van der Waals surface area contributed by atoms with Crippen LogP contribution in [-0.4, -0.2) is 10.6 Å². The third-order valence-corrected chi connectivity index (χ3v) is 2.98. The van der Waals surface area contributed by atoms with E-state index in [0.717, 1.165) is 23.0 Å². The molecular weight excluding hydrogens is 215 g/mol. The van der Waals surface area contributed by atoms with Crippen molar-refractivity contribution in [2.75, 3.05) is 0 Å². The van der Waals surface area contributed by atoms with E-state index >= 15 is 0 Å². The minimum atomic E-state index is -0.129. The number of benzene rings is 1. The third kappa shape index (κ3) is 2.34. The number of fused-ring (bicyclic) bond motifs is 1. The molecule has 2 nitrogen and oxygen atoms in total. The van der Waals surface area contributed by atoms with Gasteiger partial charge in [-0.05, 0) is 24.6 Å². The number of hydrogen-bond donors (Lipinski definition) is 1. The van der Waals surface area contributed by atoms with E-state index in [1.54, 1.807) is 6.07 Å². The molecule has 0 aliphatic rings. The van der Waals surface area contributed by atoms with Gasteiger partial charge in [0, 0.05) is 30.7 Å². The SMILES string of the molecule is CCn1cc(CNC(C)C)c2c(F)cccc21. The van der Waals surface area contributed by atoms with E-state index in [2.05, 4.69) is 30.7 Å². The minimum Gasteiger partial charge on any atom is -0.347 e. The smallest absolute Gasteiger partial charge is 0.132 e. The quantitative estimate of drug-likeness (QED) is 0.859. The Kier molecular flexibility index (Phi) is 3.48. The molecule has 0 saturated carbocycles. The summed E-state index contributed by atoms with van der Waals surface area (Å²) in [4.78, 5) is 0. The first-order chi connectivity index (χ1) is 8.13. The monoisotopic (exact) mass is 234 g/mol. The zero-order chi connectivity index (χ0) is 12.4.